The van der Waals surface area contributed by atoms with Gasteiger partial charge in [0.2, 0.25) is 21.8 Å². The van der Waals surface area contributed by atoms with E-state index in [4.69, 9.17) is 0 Å². The number of carbonyl (C=O) groups is 3. The second-order valence-corrected chi connectivity index (χ2v) is 12.7. The SMILES string of the molecule is C=CC(=O)Nc1cc2c(s1)CN(S(=O)(=O)c1ccc(C(=O)N3CCC(C(=O)N4CCCC4)CC3)cc1)C2. The highest BCUT2D eigenvalue weighted by Gasteiger charge is 2.34. The van der Waals surface area contributed by atoms with Crippen molar-refractivity contribution in [2.24, 2.45) is 5.92 Å². The highest BCUT2D eigenvalue weighted by atomic mass is 32.2. The van der Waals surface area contributed by atoms with Gasteiger partial charge in [0.15, 0.2) is 0 Å². The summed E-state index contributed by atoms with van der Waals surface area (Å²) < 4.78 is 27.8. The Morgan fingerprint density at radius 2 is 1.65 bits per heavy atom. The minimum absolute atomic E-state index is 0.0206. The van der Waals surface area contributed by atoms with E-state index in [0.717, 1.165) is 36.4 Å². The van der Waals surface area contributed by atoms with Crippen LogP contribution in [0.5, 0.6) is 0 Å². The van der Waals surface area contributed by atoms with Gasteiger partial charge in [0.1, 0.15) is 0 Å². The highest BCUT2D eigenvalue weighted by molar-refractivity contribution is 7.89. The molecule has 3 aliphatic rings. The normalized spacial score (nSPS) is 18.6. The van der Waals surface area contributed by atoms with Crippen molar-refractivity contribution in [3.05, 3.63) is 59.0 Å². The lowest BCUT2D eigenvalue weighted by Gasteiger charge is -2.33. The Kier molecular flexibility index (Phi) is 7.19. The maximum Gasteiger partial charge on any atom is 0.253 e. The van der Waals surface area contributed by atoms with Crippen molar-refractivity contribution in [2.75, 3.05) is 31.5 Å². The number of hydrogen-bond acceptors (Lipinski definition) is 6. The number of carbonyl (C=O) groups excluding carboxylic acids is 3. The number of sulfonamides is 1. The minimum atomic E-state index is -3.74. The third-order valence-electron chi connectivity index (χ3n) is 7.28. The molecule has 2 saturated heterocycles. The topological polar surface area (TPSA) is 107 Å². The Morgan fingerprint density at radius 3 is 2.27 bits per heavy atom. The summed E-state index contributed by atoms with van der Waals surface area (Å²) in [6, 6.07) is 7.88. The third-order valence-corrected chi connectivity index (χ3v) is 10.2. The first kappa shape index (κ1) is 25.6. The Morgan fingerprint density at radius 1 is 0.973 bits per heavy atom. The van der Waals surface area contributed by atoms with E-state index in [0.29, 0.717) is 36.5 Å². The first-order valence-corrected chi connectivity index (χ1v) is 14.7. The van der Waals surface area contributed by atoms with Crippen LogP contribution in [0, 0.1) is 5.92 Å². The molecule has 0 aliphatic carbocycles. The van der Waals surface area contributed by atoms with Gasteiger partial charge in [-0.25, -0.2) is 8.42 Å². The first-order valence-electron chi connectivity index (χ1n) is 12.5. The van der Waals surface area contributed by atoms with Crippen molar-refractivity contribution in [3.8, 4) is 0 Å². The summed E-state index contributed by atoms with van der Waals surface area (Å²) in [6.07, 6.45) is 4.64. The average molecular weight is 543 g/mol. The van der Waals surface area contributed by atoms with E-state index in [1.165, 1.54) is 33.9 Å². The van der Waals surface area contributed by atoms with Gasteiger partial charge in [0, 0.05) is 55.6 Å². The monoisotopic (exact) mass is 542 g/mol. The smallest absolute Gasteiger partial charge is 0.253 e. The minimum Gasteiger partial charge on any atom is -0.342 e. The molecule has 0 radical (unpaired) electrons. The number of thiophene rings is 1. The highest BCUT2D eigenvalue weighted by Crippen LogP contribution is 2.37. The van der Waals surface area contributed by atoms with Crippen molar-refractivity contribution in [1.29, 1.82) is 0 Å². The van der Waals surface area contributed by atoms with Crippen molar-refractivity contribution < 1.29 is 22.8 Å². The van der Waals surface area contributed by atoms with Gasteiger partial charge in [0.05, 0.1) is 9.90 Å². The van der Waals surface area contributed by atoms with Gasteiger partial charge in [-0.05, 0) is 67.7 Å². The number of anilines is 1. The number of hydrogen-bond donors (Lipinski definition) is 1. The van der Waals surface area contributed by atoms with Gasteiger partial charge in [-0.1, -0.05) is 6.58 Å². The van der Waals surface area contributed by atoms with Gasteiger partial charge in [-0.3, -0.25) is 14.4 Å². The number of rotatable bonds is 6. The lowest BCUT2D eigenvalue weighted by atomic mass is 9.95. The first-order chi connectivity index (χ1) is 17.8. The molecule has 11 heteroatoms. The van der Waals surface area contributed by atoms with Crippen LogP contribution in [0.25, 0.3) is 0 Å². The molecule has 2 aromatic rings. The number of benzene rings is 1. The Bertz CT molecular complexity index is 1300. The quantitative estimate of drug-likeness (QED) is 0.565. The molecule has 1 N–H and O–H groups in total. The average Bonchev–Trinajstić information content (AvgIpc) is 3.65. The van der Waals surface area contributed by atoms with Gasteiger partial charge in [-0.2, -0.15) is 4.31 Å². The summed E-state index contributed by atoms with van der Waals surface area (Å²) in [6.45, 7) is 6.62. The maximum absolute atomic E-state index is 13.2. The Labute approximate surface area is 220 Å². The van der Waals surface area contributed by atoms with E-state index in [2.05, 4.69) is 11.9 Å². The van der Waals surface area contributed by atoms with Crippen LogP contribution in [0.1, 0.15) is 46.5 Å². The number of nitrogens with zero attached hydrogens (tertiary/aromatic N) is 3. The zero-order chi connectivity index (χ0) is 26.2. The van der Waals surface area contributed by atoms with E-state index < -0.39 is 10.0 Å². The van der Waals surface area contributed by atoms with Gasteiger partial charge < -0.3 is 15.1 Å². The Balaban J connectivity index is 1.18. The van der Waals surface area contributed by atoms with E-state index >= 15 is 0 Å². The molecular weight excluding hydrogens is 512 g/mol. The fourth-order valence-electron chi connectivity index (χ4n) is 5.17. The lowest BCUT2D eigenvalue weighted by molar-refractivity contribution is -0.135. The van der Waals surface area contributed by atoms with Crippen molar-refractivity contribution in [1.82, 2.24) is 14.1 Å². The number of likely N-dealkylation sites (tertiary alicyclic amines) is 2. The van der Waals surface area contributed by atoms with Gasteiger partial charge >= 0.3 is 0 Å². The zero-order valence-electron chi connectivity index (χ0n) is 20.5. The maximum atomic E-state index is 13.2. The summed E-state index contributed by atoms with van der Waals surface area (Å²) in [7, 11) is -3.74. The molecule has 37 heavy (non-hydrogen) atoms. The molecule has 3 amide bonds. The second kappa shape index (κ2) is 10.4. The van der Waals surface area contributed by atoms with E-state index in [9.17, 15) is 22.8 Å². The summed E-state index contributed by atoms with van der Waals surface area (Å²) in [5, 5.41) is 3.38. The van der Waals surface area contributed by atoms with Crippen molar-refractivity contribution in [3.63, 3.8) is 0 Å². The fourth-order valence-corrected chi connectivity index (χ4v) is 7.73. The van der Waals surface area contributed by atoms with Gasteiger partial charge in [0.25, 0.3) is 5.91 Å². The van der Waals surface area contributed by atoms with E-state index in [1.54, 1.807) is 23.1 Å². The van der Waals surface area contributed by atoms with Crippen LogP contribution in [0.4, 0.5) is 5.00 Å². The third kappa shape index (κ3) is 5.21. The standard InChI is InChI=1S/C26H30N4O5S2/c1-2-23(31)27-24-15-20-16-30(17-22(20)36-24)37(34,35)21-7-5-18(6-8-21)25(32)29-13-9-19(10-14-29)26(33)28-11-3-4-12-28/h2,5-8,15,19H,1,3-4,9-14,16-17H2,(H,27,31). The second-order valence-electron chi connectivity index (χ2n) is 9.65. The Hall–Kier alpha value is -3.02. The zero-order valence-corrected chi connectivity index (χ0v) is 22.2. The lowest BCUT2D eigenvalue weighted by Crippen LogP contribution is -2.43. The van der Waals surface area contributed by atoms with Crippen LogP contribution >= 0.6 is 11.3 Å². The number of amides is 3. The molecule has 2 fully saturated rings. The molecule has 196 valence electrons. The van der Waals surface area contributed by atoms with Crippen LogP contribution < -0.4 is 5.32 Å². The van der Waals surface area contributed by atoms with Crippen LogP contribution in [-0.2, 0) is 32.7 Å². The summed E-state index contributed by atoms with van der Waals surface area (Å²) in [5.74, 6) is -0.256. The number of fused-ring (bicyclic) bond motifs is 1. The molecule has 0 unspecified atom stereocenters. The molecule has 4 heterocycles. The van der Waals surface area contributed by atoms with Gasteiger partial charge in [-0.15, -0.1) is 11.3 Å². The van der Waals surface area contributed by atoms with E-state index in [1.807, 2.05) is 4.90 Å². The van der Waals surface area contributed by atoms with Crippen LogP contribution in [0.2, 0.25) is 0 Å². The summed E-state index contributed by atoms with van der Waals surface area (Å²) in [4.78, 5) is 41.9. The number of nitrogens with one attached hydrogen (secondary N) is 1. The molecule has 9 nitrogen and oxygen atoms in total. The summed E-state index contributed by atoms with van der Waals surface area (Å²) in [5.41, 5.74) is 1.30. The van der Waals surface area contributed by atoms with Crippen molar-refractivity contribution >= 4 is 44.1 Å². The molecule has 1 aromatic heterocycles. The molecule has 3 aliphatic heterocycles. The molecule has 5 rings (SSSR count). The van der Waals surface area contributed by atoms with E-state index in [-0.39, 0.29) is 41.6 Å². The van der Waals surface area contributed by atoms with Crippen LogP contribution in [0.15, 0.2) is 47.9 Å². The summed E-state index contributed by atoms with van der Waals surface area (Å²) >= 11 is 1.35. The predicted octanol–water partition coefficient (Wildman–Crippen LogP) is 3.05. The number of piperidine rings is 1. The fraction of sp³-hybridized carbons (Fsp3) is 0.423. The van der Waals surface area contributed by atoms with Crippen LogP contribution in [-0.4, -0.2) is 66.4 Å². The molecule has 0 saturated carbocycles. The van der Waals surface area contributed by atoms with Crippen LogP contribution in [0.3, 0.4) is 0 Å². The molecule has 0 spiro atoms. The molecule has 0 bridgehead atoms. The predicted molar refractivity (Wildman–Crippen MR) is 140 cm³/mol. The molecule has 0 atom stereocenters. The molecular formula is C26H30N4O5S2. The molecule has 1 aromatic carbocycles. The van der Waals surface area contributed by atoms with Crippen molar-refractivity contribution in [2.45, 2.75) is 43.7 Å². The largest absolute Gasteiger partial charge is 0.342 e.